The average molecular weight is 422 g/mol. The number of aromatic amines is 1. The zero-order chi connectivity index (χ0) is 21.6. The predicted molar refractivity (Wildman–Crippen MR) is 120 cm³/mol. The van der Waals surface area contributed by atoms with Gasteiger partial charge in [0.2, 0.25) is 5.95 Å². The van der Waals surface area contributed by atoms with Gasteiger partial charge in [0.25, 0.3) is 5.56 Å². The van der Waals surface area contributed by atoms with Gasteiger partial charge in [-0.25, -0.2) is 4.98 Å². The summed E-state index contributed by atoms with van der Waals surface area (Å²) in [7, 11) is 0. The van der Waals surface area contributed by atoms with E-state index in [4.69, 9.17) is 10.5 Å². The second kappa shape index (κ2) is 14.1. The summed E-state index contributed by atoms with van der Waals surface area (Å²) in [4.78, 5) is 22.6. The van der Waals surface area contributed by atoms with Crippen molar-refractivity contribution >= 4 is 17.1 Å². The van der Waals surface area contributed by atoms with Crippen molar-refractivity contribution < 1.29 is 9.84 Å². The minimum atomic E-state index is -0.350. The maximum absolute atomic E-state index is 11.9. The number of aliphatic hydroxyl groups is 1. The Morgan fingerprint density at radius 1 is 1.10 bits per heavy atom. The minimum Gasteiger partial charge on any atom is -0.396 e. The van der Waals surface area contributed by atoms with Crippen molar-refractivity contribution in [2.45, 2.75) is 84.1 Å². The van der Waals surface area contributed by atoms with Crippen LogP contribution in [0.2, 0.25) is 0 Å². The van der Waals surface area contributed by atoms with Gasteiger partial charge in [-0.2, -0.15) is 4.98 Å². The lowest BCUT2D eigenvalue weighted by Crippen LogP contribution is -2.18. The number of rotatable bonds is 17. The molecule has 2 aromatic heterocycles. The first kappa shape index (κ1) is 24.3. The van der Waals surface area contributed by atoms with Crippen molar-refractivity contribution in [2.75, 3.05) is 25.6 Å². The monoisotopic (exact) mass is 421 g/mol. The van der Waals surface area contributed by atoms with Crippen LogP contribution in [-0.2, 0) is 11.3 Å². The quantitative estimate of drug-likeness (QED) is 0.336. The Morgan fingerprint density at radius 3 is 2.43 bits per heavy atom. The Bertz CT molecular complexity index is 774. The van der Waals surface area contributed by atoms with Gasteiger partial charge in [-0.05, 0) is 12.8 Å². The number of nitrogen functional groups attached to an aromatic ring is 1. The first-order valence-corrected chi connectivity index (χ1v) is 11.5. The van der Waals surface area contributed by atoms with Gasteiger partial charge in [-0.15, -0.1) is 0 Å². The van der Waals surface area contributed by atoms with Gasteiger partial charge < -0.3 is 20.1 Å². The smallest absolute Gasteiger partial charge is 0.280 e. The topological polar surface area (TPSA) is 119 Å². The van der Waals surface area contributed by atoms with Crippen molar-refractivity contribution in [2.24, 2.45) is 5.92 Å². The van der Waals surface area contributed by atoms with Gasteiger partial charge in [0.15, 0.2) is 11.2 Å². The van der Waals surface area contributed by atoms with E-state index in [1.54, 1.807) is 10.9 Å². The second-order valence-electron chi connectivity index (χ2n) is 8.15. The highest BCUT2D eigenvalue weighted by Crippen LogP contribution is 2.13. The van der Waals surface area contributed by atoms with E-state index in [0.717, 1.165) is 19.4 Å². The highest BCUT2D eigenvalue weighted by molar-refractivity contribution is 5.70. The first-order valence-electron chi connectivity index (χ1n) is 11.5. The van der Waals surface area contributed by atoms with E-state index in [0.29, 0.717) is 18.8 Å². The van der Waals surface area contributed by atoms with Crippen molar-refractivity contribution in [3.05, 3.63) is 16.7 Å². The van der Waals surface area contributed by atoms with E-state index in [1.807, 2.05) is 0 Å². The molecule has 4 N–H and O–H groups in total. The number of imidazole rings is 1. The lowest BCUT2D eigenvalue weighted by atomic mass is 10.1. The fourth-order valence-electron chi connectivity index (χ4n) is 3.67. The molecule has 0 unspecified atom stereocenters. The third-order valence-electron chi connectivity index (χ3n) is 5.52. The number of hydrogen-bond acceptors (Lipinski definition) is 6. The molecule has 0 fully saturated rings. The number of hydrogen-bond donors (Lipinski definition) is 3. The molecule has 2 aromatic rings. The Hall–Kier alpha value is -1.93. The largest absolute Gasteiger partial charge is 0.396 e. The number of ether oxygens (including phenoxy) is 1. The highest BCUT2D eigenvalue weighted by atomic mass is 16.5. The molecular weight excluding hydrogens is 382 g/mol. The molecule has 0 aromatic carbocycles. The van der Waals surface area contributed by atoms with Crippen LogP contribution in [0.25, 0.3) is 11.2 Å². The van der Waals surface area contributed by atoms with Gasteiger partial charge >= 0.3 is 0 Å². The molecule has 0 radical (unpaired) electrons. The van der Waals surface area contributed by atoms with Crippen LogP contribution in [0.1, 0.15) is 77.6 Å². The van der Waals surface area contributed by atoms with Crippen LogP contribution in [0.15, 0.2) is 11.1 Å². The fraction of sp³-hybridized carbons (Fsp3) is 0.773. The SMILES string of the molecule is CCCCCCCCCCCCOCC[C@@H](CO)Cn1cnc2c(=O)[nH]c(N)nc21. The van der Waals surface area contributed by atoms with Crippen LogP contribution in [0, 0.1) is 5.92 Å². The third-order valence-corrected chi connectivity index (χ3v) is 5.52. The summed E-state index contributed by atoms with van der Waals surface area (Å²) in [5.74, 6) is 0.0760. The number of anilines is 1. The zero-order valence-electron chi connectivity index (χ0n) is 18.4. The lowest BCUT2D eigenvalue weighted by molar-refractivity contribution is 0.0989. The standard InChI is InChI=1S/C22H39N5O3/c1-2-3-4-5-6-7-8-9-10-11-13-30-14-12-18(16-28)15-27-17-24-19-20(27)25-22(23)26-21(19)29/h17-18,28H,2-16H2,1H3,(H3,23,25,26,29)/t18-/m1/s1. The Kier molecular flexibility index (Phi) is 11.5. The molecule has 2 rings (SSSR count). The summed E-state index contributed by atoms with van der Waals surface area (Å²) in [5, 5.41) is 9.70. The average Bonchev–Trinajstić information content (AvgIpc) is 3.13. The van der Waals surface area contributed by atoms with Crippen molar-refractivity contribution in [3.63, 3.8) is 0 Å². The predicted octanol–water partition coefficient (Wildman–Crippen LogP) is 3.64. The number of H-pyrrole nitrogens is 1. The summed E-state index contributed by atoms with van der Waals surface area (Å²) in [5.41, 5.74) is 5.99. The van der Waals surface area contributed by atoms with Gasteiger partial charge in [0.1, 0.15) is 0 Å². The molecule has 0 aliphatic carbocycles. The molecule has 170 valence electrons. The van der Waals surface area contributed by atoms with Gasteiger partial charge in [-0.3, -0.25) is 9.78 Å². The van der Waals surface area contributed by atoms with E-state index in [1.165, 1.54) is 57.8 Å². The summed E-state index contributed by atoms with van der Waals surface area (Å²) in [6.07, 6.45) is 15.5. The molecule has 2 heterocycles. The van der Waals surface area contributed by atoms with Crippen LogP contribution in [0.3, 0.4) is 0 Å². The van der Waals surface area contributed by atoms with Gasteiger partial charge in [-0.1, -0.05) is 64.7 Å². The highest BCUT2D eigenvalue weighted by Gasteiger charge is 2.14. The molecule has 8 nitrogen and oxygen atoms in total. The molecule has 30 heavy (non-hydrogen) atoms. The third kappa shape index (κ3) is 8.44. The van der Waals surface area contributed by atoms with E-state index in [-0.39, 0.29) is 29.5 Å². The van der Waals surface area contributed by atoms with E-state index in [9.17, 15) is 9.90 Å². The van der Waals surface area contributed by atoms with E-state index in [2.05, 4.69) is 21.9 Å². The van der Waals surface area contributed by atoms with Crippen molar-refractivity contribution in [1.29, 1.82) is 0 Å². The second-order valence-corrected chi connectivity index (χ2v) is 8.15. The molecule has 8 heteroatoms. The summed E-state index contributed by atoms with van der Waals surface area (Å²) in [6, 6.07) is 0. The number of nitrogens with two attached hydrogens (primary N) is 1. The van der Waals surface area contributed by atoms with Gasteiger partial charge in [0.05, 0.1) is 6.33 Å². The maximum Gasteiger partial charge on any atom is 0.280 e. The van der Waals surface area contributed by atoms with Crippen LogP contribution >= 0.6 is 0 Å². The van der Waals surface area contributed by atoms with Gasteiger partial charge in [0, 0.05) is 32.3 Å². The number of unbranched alkanes of at least 4 members (excludes halogenated alkanes) is 9. The number of aliphatic hydroxyl groups excluding tert-OH is 1. The summed E-state index contributed by atoms with van der Waals surface area (Å²) >= 11 is 0. The van der Waals surface area contributed by atoms with Crippen LogP contribution in [0.5, 0.6) is 0 Å². The van der Waals surface area contributed by atoms with Crippen LogP contribution in [0.4, 0.5) is 5.95 Å². The van der Waals surface area contributed by atoms with Crippen molar-refractivity contribution in [3.8, 4) is 0 Å². The number of aromatic nitrogens is 4. The first-order chi connectivity index (χ1) is 14.7. The fourth-order valence-corrected chi connectivity index (χ4v) is 3.67. The van der Waals surface area contributed by atoms with E-state index >= 15 is 0 Å². The minimum absolute atomic E-state index is 0.0115. The molecule has 0 spiro atoms. The van der Waals surface area contributed by atoms with Crippen molar-refractivity contribution in [1.82, 2.24) is 19.5 Å². The molecule has 0 saturated carbocycles. The molecule has 0 bridgehead atoms. The molecule has 0 aliphatic rings. The van der Waals surface area contributed by atoms with Crippen LogP contribution in [-0.4, -0.2) is 44.4 Å². The zero-order valence-corrected chi connectivity index (χ0v) is 18.4. The Balaban J connectivity index is 1.56. The summed E-state index contributed by atoms with van der Waals surface area (Å²) < 4.78 is 7.52. The molecule has 1 atom stereocenters. The number of nitrogens with one attached hydrogen (secondary N) is 1. The number of nitrogens with zero attached hydrogens (tertiary/aromatic N) is 3. The number of fused-ring (bicyclic) bond motifs is 1. The molecule has 0 amide bonds. The molecular formula is C22H39N5O3. The Labute approximate surface area is 179 Å². The maximum atomic E-state index is 11.9. The van der Waals surface area contributed by atoms with Crippen LogP contribution < -0.4 is 11.3 Å². The molecule has 0 saturated heterocycles. The summed E-state index contributed by atoms with van der Waals surface area (Å²) in [6.45, 7) is 4.21. The lowest BCUT2D eigenvalue weighted by Gasteiger charge is -2.15. The molecule has 0 aliphatic heterocycles. The Morgan fingerprint density at radius 2 is 1.77 bits per heavy atom. The van der Waals surface area contributed by atoms with E-state index < -0.39 is 0 Å². The normalized spacial score (nSPS) is 12.6.